The van der Waals surface area contributed by atoms with Crippen molar-refractivity contribution in [3.8, 4) is 28.8 Å². The molecule has 1 saturated heterocycles. The van der Waals surface area contributed by atoms with Crippen molar-refractivity contribution >= 4 is 11.6 Å². The monoisotopic (exact) mass is 391 g/mol. The number of nitrogens with zero attached hydrogens (tertiary/aromatic N) is 4. The largest absolute Gasteiger partial charge is 0.497 e. The molecule has 1 fully saturated rings. The molecular weight excluding hydrogens is 374 g/mol. The van der Waals surface area contributed by atoms with E-state index in [1.54, 1.807) is 30.4 Å². The van der Waals surface area contributed by atoms with E-state index in [9.17, 15) is 4.79 Å². The summed E-state index contributed by atoms with van der Waals surface area (Å²) in [6.07, 6.45) is 1.90. The molecule has 1 aromatic carbocycles. The summed E-state index contributed by atoms with van der Waals surface area (Å²) >= 11 is 0. The topological polar surface area (TPSA) is 110 Å². The molecule has 9 heteroatoms. The summed E-state index contributed by atoms with van der Waals surface area (Å²) in [5.74, 6) is 2.01. The highest BCUT2D eigenvalue weighted by Crippen LogP contribution is 2.33. The van der Waals surface area contributed by atoms with Gasteiger partial charge in [-0.3, -0.25) is 9.89 Å². The first-order chi connectivity index (χ1) is 14.2. The highest BCUT2D eigenvalue weighted by atomic mass is 16.5. The lowest BCUT2D eigenvalue weighted by atomic mass is 10.1. The Kier molecular flexibility index (Phi) is 4.12. The summed E-state index contributed by atoms with van der Waals surface area (Å²) in [5, 5.41) is 11.2. The molecule has 3 aromatic heterocycles. The van der Waals surface area contributed by atoms with Crippen LogP contribution in [0.2, 0.25) is 0 Å². The summed E-state index contributed by atoms with van der Waals surface area (Å²) in [6, 6.07) is 12.8. The predicted octanol–water partition coefficient (Wildman–Crippen LogP) is 3.25. The zero-order chi connectivity index (χ0) is 19.8. The van der Waals surface area contributed by atoms with Gasteiger partial charge in [-0.25, -0.2) is 0 Å². The molecule has 29 heavy (non-hydrogen) atoms. The maximum Gasteiger partial charge on any atom is 0.275 e. The Bertz CT molecular complexity index is 1150. The number of hydrogen-bond donors (Lipinski definition) is 1. The van der Waals surface area contributed by atoms with Crippen molar-refractivity contribution in [2.75, 3.05) is 18.6 Å². The lowest BCUT2D eigenvalue weighted by Crippen LogP contribution is -2.24. The fraction of sp³-hybridized carbons (Fsp3) is 0.200. The smallest absolute Gasteiger partial charge is 0.275 e. The van der Waals surface area contributed by atoms with Crippen LogP contribution in [0.15, 0.2) is 57.7 Å². The van der Waals surface area contributed by atoms with Crippen molar-refractivity contribution in [2.45, 2.75) is 12.3 Å². The number of rotatable bonds is 5. The first-order valence-corrected chi connectivity index (χ1v) is 9.09. The molecule has 146 valence electrons. The number of carbonyl (C=O) groups is 1. The van der Waals surface area contributed by atoms with Gasteiger partial charge in [-0.2, -0.15) is 10.1 Å². The molecule has 0 radical (unpaired) electrons. The molecule has 4 heterocycles. The van der Waals surface area contributed by atoms with Crippen molar-refractivity contribution in [3.63, 3.8) is 0 Å². The number of carbonyl (C=O) groups excluding carboxylic acids is 1. The maximum atomic E-state index is 12.5. The number of aromatic nitrogens is 4. The number of H-pyrrole nitrogens is 1. The van der Waals surface area contributed by atoms with Crippen molar-refractivity contribution < 1.29 is 18.5 Å². The Morgan fingerprint density at radius 1 is 1.24 bits per heavy atom. The van der Waals surface area contributed by atoms with Crippen molar-refractivity contribution in [1.82, 2.24) is 20.3 Å². The molecule has 0 saturated carbocycles. The molecule has 1 amide bonds. The number of ether oxygens (including phenoxy) is 1. The maximum absolute atomic E-state index is 12.5. The van der Waals surface area contributed by atoms with Crippen LogP contribution >= 0.6 is 0 Å². The van der Waals surface area contributed by atoms with Crippen LogP contribution in [0, 0.1) is 0 Å². The number of amides is 1. The number of methoxy groups -OCH3 is 1. The first-order valence-electron chi connectivity index (χ1n) is 9.09. The number of anilines is 1. The normalized spacial score (nSPS) is 16.5. The van der Waals surface area contributed by atoms with Crippen LogP contribution < -0.4 is 9.64 Å². The zero-order valence-corrected chi connectivity index (χ0v) is 15.5. The molecule has 0 bridgehead atoms. The number of furan rings is 1. The molecule has 1 aliphatic rings. The summed E-state index contributed by atoms with van der Waals surface area (Å²) in [6.45, 7) is 0.478. The minimum atomic E-state index is -0.154. The number of nitrogens with one attached hydrogen (secondary N) is 1. The van der Waals surface area contributed by atoms with Crippen LogP contribution in [0.3, 0.4) is 0 Å². The van der Waals surface area contributed by atoms with Crippen LogP contribution in [0.5, 0.6) is 5.75 Å². The standard InChI is InChI=1S/C20H17N5O4/c1-27-14-5-2-4-13(9-14)25-11-12(8-18(25)26)19-21-20(29-24-19)16-10-15(22-23-16)17-6-3-7-28-17/h2-7,9-10,12H,8,11H2,1H3,(H,22,23). The molecule has 9 nitrogen and oxygen atoms in total. The zero-order valence-electron chi connectivity index (χ0n) is 15.5. The minimum absolute atomic E-state index is 0.0104. The van der Waals surface area contributed by atoms with Gasteiger partial charge in [0, 0.05) is 36.7 Å². The van der Waals surface area contributed by atoms with Gasteiger partial charge in [0.1, 0.15) is 17.1 Å². The van der Waals surface area contributed by atoms with Gasteiger partial charge in [-0.05, 0) is 24.3 Å². The molecule has 0 spiro atoms. The van der Waals surface area contributed by atoms with Gasteiger partial charge in [-0.1, -0.05) is 11.2 Å². The number of aromatic amines is 1. The van der Waals surface area contributed by atoms with Crippen LogP contribution in [0.1, 0.15) is 18.2 Å². The van der Waals surface area contributed by atoms with Crippen molar-refractivity contribution in [3.05, 3.63) is 54.6 Å². The van der Waals surface area contributed by atoms with E-state index in [1.165, 1.54) is 0 Å². The van der Waals surface area contributed by atoms with Gasteiger partial charge >= 0.3 is 0 Å². The molecule has 5 rings (SSSR count). The van der Waals surface area contributed by atoms with Crippen molar-refractivity contribution in [1.29, 1.82) is 0 Å². The van der Waals surface area contributed by atoms with Crippen LogP contribution in [0.4, 0.5) is 5.69 Å². The van der Waals surface area contributed by atoms with Gasteiger partial charge < -0.3 is 18.6 Å². The van der Waals surface area contributed by atoms with Gasteiger partial charge in [0.05, 0.1) is 13.4 Å². The van der Waals surface area contributed by atoms with E-state index >= 15 is 0 Å². The van der Waals surface area contributed by atoms with E-state index in [1.807, 2.05) is 30.3 Å². The molecule has 4 aromatic rings. The van der Waals surface area contributed by atoms with E-state index in [4.69, 9.17) is 13.7 Å². The lowest BCUT2D eigenvalue weighted by molar-refractivity contribution is -0.117. The summed E-state index contributed by atoms with van der Waals surface area (Å²) in [5.41, 5.74) is 2.02. The van der Waals surface area contributed by atoms with Crippen LogP contribution in [-0.4, -0.2) is 39.9 Å². The third kappa shape index (κ3) is 3.16. The quantitative estimate of drug-likeness (QED) is 0.556. The number of benzene rings is 1. The third-order valence-corrected chi connectivity index (χ3v) is 4.88. The average Bonchev–Trinajstić information content (AvgIpc) is 3.53. The Morgan fingerprint density at radius 3 is 3.00 bits per heavy atom. The molecule has 0 aliphatic carbocycles. The number of hydrogen-bond acceptors (Lipinski definition) is 7. The lowest BCUT2D eigenvalue weighted by Gasteiger charge is -2.16. The summed E-state index contributed by atoms with van der Waals surface area (Å²) < 4.78 is 16.0. The van der Waals surface area contributed by atoms with Crippen LogP contribution in [-0.2, 0) is 4.79 Å². The average molecular weight is 391 g/mol. The second-order valence-electron chi connectivity index (χ2n) is 6.71. The van der Waals surface area contributed by atoms with E-state index in [0.29, 0.717) is 47.6 Å². The molecule has 1 N–H and O–H groups in total. The van der Waals surface area contributed by atoms with Gasteiger partial charge in [-0.15, -0.1) is 0 Å². The Balaban J connectivity index is 1.35. The van der Waals surface area contributed by atoms with E-state index < -0.39 is 0 Å². The molecule has 1 atom stereocenters. The van der Waals surface area contributed by atoms with Gasteiger partial charge in [0.25, 0.3) is 5.89 Å². The SMILES string of the molecule is COc1cccc(N2CC(c3noc(-c4cc(-c5ccco5)n[nH]4)n3)CC2=O)c1. The van der Waals surface area contributed by atoms with Gasteiger partial charge in [0.15, 0.2) is 11.6 Å². The summed E-state index contributed by atoms with van der Waals surface area (Å²) in [4.78, 5) is 18.7. The molecule has 1 aliphatic heterocycles. The minimum Gasteiger partial charge on any atom is -0.497 e. The van der Waals surface area contributed by atoms with E-state index in [2.05, 4.69) is 20.3 Å². The van der Waals surface area contributed by atoms with Gasteiger partial charge in [0.2, 0.25) is 5.91 Å². The second kappa shape index (κ2) is 6.93. The van der Waals surface area contributed by atoms with E-state index in [-0.39, 0.29) is 11.8 Å². The van der Waals surface area contributed by atoms with Crippen LogP contribution in [0.25, 0.3) is 23.0 Å². The molecule has 1 unspecified atom stereocenters. The Hall–Kier alpha value is -3.88. The predicted molar refractivity (Wildman–Crippen MR) is 102 cm³/mol. The first kappa shape index (κ1) is 17.2. The highest BCUT2D eigenvalue weighted by molar-refractivity contribution is 5.96. The summed E-state index contributed by atoms with van der Waals surface area (Å²) in [7, 11) is 1.60. The second-order valence-corrected chi connectivity index (χ2v) is 6.71. The van der Waals surface area contributed by atoms with E-state index in [0.717, 1.165) is 5.69 Å². The van der Waals surface area contributed by atoms with Crippen molar-refractivity contribution in [2.24, 2.45) is 0 Å². The third-order valence-electron chi connectivity index (χ3n) is 4.88. The highest BCUT2D eigenvalue weighted by Gasteiger charge is 2.35. The fourth-order valence-corrected chi connectivity index (χ4v) is 3.40. The Labute approximate surface area is 165 Å². The Morgan fingerprint density at radius 2 is 2.17 bits per heavy atom. The molecular formula is C20H17N5O4. The fourth-order valence-electron chi connectivity index (χ4n) is 3.40.